The molecule has 0 spiro atoms. The standard InChI is InChI=1S/C23H31NO/c1-17-9-6-7-14-24-22(17)15-18(2)20-12-8-13-21(16-20)23(25)19-10-4-3-5-11-19/h3-5,8,10-13,16-18,22-25H,6-7,9,14-15H2,1-2H3. The van der Waals surface area contributed by atoms with Crippen molar-refractivity contribution in [3.8, 4) is 0 Å². The highest BCUT2D eigenvalue weighted by molar-refractivity contribution is 5.33. The van der Waals surface area contributed by atoms with Crippen LogP contribution >= 0.6 is 0 Å². The highest BCUT2D eigenvalue weighted by Crippen LogP contribution is 2.29. The smallest absolute Gasteiger partial charge is 0.104 e. The Kier molecular flexibility index (Phi) is 6.28. The summed E-state index contributed by atoms with van der Waals surface area (Å²) in [6.45, 7) is 5.84. The van der Waals surface area contributed by atoms with Crippen LogP contribution in [0.25, 0.3) is 0 Å². The number of rotatable bonds is 5. The van der Waals surface area contributed by atoms with Gasteiger partial charge in [-0.25, -0.2) is 0 Å². The number of benzene rings is 2. The van der Waals surface area contributed by atoms with Gasteiger partial charge in [-0.05, 0) is 54.3 Å². The molecule has 4 atom stereocenters. The third-order valence-electron chi connectivity index (χ3n) is 5.70. The third kappa shape index (κ3) is 4.71. The molecule has 0 radical (unpaired) electrons. The zero-order valence-electron chi connectivity index (χ0n) is 15.5. The summed E-state index contributed by atoms with van der Waals surface area (Å²) in [5, 5.41) is 14.4. The van der Waals surface area contributed by atoms with Crippen LogP contribution in [-0.4, -0.2) is 17.7 Å². The molecular formula is C23H31NO. The van der Waals surface area contributed by atoms with E-state index in [1.54, 1.807) is 0 Å². The molecule has 2 aromatic carbocycles. The first-order valence-corrected chi connectivity index (χ1v) is 9.71. The van der Waals surface area contributed by atoms with Crippen molar-refractivity contribution in [3.05, 3.63) is 71.3 Å². The average molecular weight is 338 g/mol. The average Bonchev–Trinajstić information content (AvgIpc) is 2.86. The molecule has 1 aliphatic rings. The van der Waals surface area contributed by atoms with Gasteiger partial charge in [0.2, 0.25) is 0 Å². The molecule has 1 heterocycles. The second-order valence-corrected chi connectivity index (χ2v) is 7.65. The maximum Gasteiger partial charge on any atom is 0.104 e. The first kappa shape index (κ1) is 18.2. The second-order valence-electron chi connectivity index (χ2n) is 7.65. The number of hydrogen-bond acceptors (Lipinski definition) is 2. The summed E-state index contributed by atoms with van der Waals surface area (Å²) in [7, 11) is 0. The maximum atomic E-state index is 10.7. The van der Waals surface area contributed by atoms with Gasteiger partial charge in [0.15, 0.2) is 0 Å². The summed E-state index contributed by atoms with van der Waals surface area (Å²) < 4.78 is 0. The van der Waals surface area contributed by atoms with Crippen molar-refractivity contribution in [3.63, 3.8) is 0 Å². The Morgan fingerprint density at radius 1 is 1.00 bits per heavy atom. The second kappa shape index (κ2) is 8.64. The van der Waals surface area contributed by atoms with Crippen molar-refractivity contribution in [2.45, 2.75) is 57.6 Å². The first-order chi connectivity index (χ1) is 12.1. The molecule has 0 aliphatic carbocycles. The van der Waals surface area contributed by atoms with Gasteiger partial charge in [0.05, 0.1) is 0 Å². The zero-order valence-corrected chi connectivity index (χ0v) is 15.5. The van der Waals surface area contributed by atoms with Gasteiger partial charge in [-0.3, -0.25) is 0 Å². The molecule has 1 fully saturated rings. The summed E-state index contributed by atoms with van der Waals surface area (Å²) in [4.78, 5) is 0. The molecule has 2 N–H and O–H groups in total. The van der Waals surface area contributed by atoms with Gasteiger partial charge >= 0.3 is 0 Å². The molecule has 3 rings (SSSR count). The summed E-state index contributed by atoms with van der Waals surface area (Å²) in [6, 6.07) is 19.0. The van der Waals surface area contributed by atoms with E-state index >= 15 is 0 Å². The number of nitrogens with one attached hydrogen (secondary N) is 1. The van der Waals surface area contributed by atoms with Crippen molar-refractivity contribution >= 4 is 0 Å². The lowest BCUT2D eigenvalue weighted by atomic mass is 9.86. The minimum atomic E-state index is -0.553. The molecular weight excluding hydrogens is 306 g/mol. The topological polar surface area (TPSA) is 32.3 Å². The molecule has 4 unspecified atom stereocenters. The highest BCUT2D eigenvalue weighted by atomic mass is 16.3. The fourth-order valence-electron chi connectivity index (χ4n) is 3.98. The number of hydrogen-bond donors (Lipinski definition) is 2. The summed E-state index contributed by atoms with van der Waals surface area (Å²) in [5.41, 5.74) is 3.26. The molecule has 134 valence electrons. The van der Waals surface area contributed by atoms with Crippen LogP contribution in [0.4, 0.5) is 0 Å². The van der Waals surface area contributed by atoms with Gasteiger partial charge in [-0.15, -0.1) is 0 Å². The van der Waals surface area contributed by atoms with Crippen molar-refractivity contribution in [1.82, 2.24) is 5.32 Å². The van der Waals surface area contributed by atoms with Crippen LogP contribution in [0.15, 0.2) is 54.6 Å². The molecule has 2 nitrogen and oxygen atoms in total. The van der Waals surface area contributed by atoms with Gasteiger partial charge in [-0.1, -0.05) is 74.9 Å². The third-order valence-corrected chi connectivity index (χ3v) is 5.70. The van der Waals surface area contributed by atoms with Gasteiger partial charge in [-0.2, -0.15) is 0 Å². The number of aliphatic hydroxyl groups is 1. The molecule has 0 saturated carbocycles. The lowest BCUT2D eigenvalue weighted by molar-refractivity contribution is 0.220. The predicted molar refractivity (Wildman–Crippen MR) is 105 cm³/mol. The van der Waals surface area contributed by atoms with Crippen molar-refractivity contribution in [1.29, 1.82) is 0 Å². The van der Waals surface area contributed by atoms with E-state index in [1.165, 1.54) is 24.8 Å². The predicted octanol–water partition coefficient (Wildman–Crippen LogP) is 5.04. The van der Waals surface area contributed by atoms with E-state index in [0.717, 1.165) is 30.0 Å². The Hall–Kier alpha value is -1.64. The van der Waals surface area contributed by atoms with Crippen LogP contribution < -0.4 is 5.32 Å². The Bertz CT molecular complexity index is 654. The van der Waals surface area contributed by atoms with Gasteiger partial charge in [0.1, 0.15) is 6.10 Å². The normalized spacial score (nSPS) is 23.6. The Morgan fingerprint density at radius 2 is 1.72 bits per heavy atom. The maximum absolute atomic E-state index is 10.7. The molecule has 0 amide bonds. The Morgan fingerprint density at radius 3 is 2.52 bits per heavy atom. The van der Waals surface area contributed by atoms with Crippen LogP contribution in [0.5, 0.6) is 0 Å². The summed E-state index contributed by atoms with van der Waals surface area (Å²) in [5.74, 6) is 1.23. The van der Waals surface area contributed by atoms with Gasteiger partial charge in [0.25, 0.3) is 0 Å². The van der Waals surface area contributed by atoms with Crippen molar-refractivity contribution < 1.29 is 5.11 Å². The summed E-state index contributed by atoms with van der Waals surface area (Å²) in [6.07, 6.45) is 4.58. The number of aliphatic hydroxyl groups excluding tert-OH is 1. The minimum Gasteiger partial charge on any atom is -0.384 e. The van der Waals surface area contributed by atoms with Crippen LogP contribution in [-0.2, 0) is 0 Å². The van der Waals surface area contributed by atoms with Crippen molar-refractivity contribution in [2.75, 3.05) is 6.54 Å². The zero-order chi connectivity index (χ0) is 17.6. The van der Waals surface area contributed by atoms with E-state index in [2.05, 4.69) is 37.4 Å². The van der Waals surface area contributed by atoms with E-state index in [1.807, 2.05) is 36.4 Å². The fourth-order valence-corrected chi connectivity index (χ4v) is 3.98. The Balaban J connectivity index is 1.72. The molecule has 1 aliphatic heterocycles. The molecule has 1 saturated heterocycles. The van der Waals surface area contributed by atoms with Gasteiger partial charge in [0, 0.05) is 6.04 Å². The lowest BCUT2D eigenvalue weighted by Crippen LogP contribution is -2.34. The van der Waals surface area contributed by atoms with Crippen LogP contribution in [0.2, 0.25) is 0 Å². The van der Waals surface area contributed by atoms with Crippen LogP contribution in [0.3, 0.4) is 0 Å². The van der Waals surface area contributed by atoms with Crippen molar-refractivity contribution in [2.24, 2.45) is 5.92 Å². The van der Waals surface area contributed by atoms with Crippen LogP contribution in [0, 0.1) is 5.92 Å². The molecule has 2 aromatic rings. The quantitative estimate of drug-likeness (QED) is 0.801. The van der Waals surface area contributed by atoms with Gasteiger partial charge < -0.3 is 10.4 Å². The Labute approximate surface area is 152 Å². The molecule has 0 aromatic heterocycles. The van der Waals surface area contributed by atoms with E-state index in [-0.39, 0.29) is 0 Å². The largest absolute Gasteiger partial charge is 0.384 e. The minimum absolute atomic E-state index is 0.487. The first-order valence-electron chi connectivity index (χ1n) is 9.71. The SMILES string of the molecule is CC(CC1NCCCCC1C)c1cccc(C(O)c2ccccc2)c1. The fraction of sp³-hybridized carbons (Fsp3) is 0.478. The van der Waals surface area contributed by atoms with E-state index < -0.39 is 6.10 Å². The van der Waals surface area contributed by atoms with E-state index in [4.69, 9.17) is 0 Å². The van der Waals surface area contributed by atoms with Crippen LogP contribution in [0.1, 0.15) is 68.2 Å². The van der Waals surface area contributed by atoms with E-state index in [0.29, 0.717) is 12.0 Å². The molecule has 25 heavy (non-hydrogen) atoms. The summed E-state index contributed by atoms with van der Waals surface area (Å²) >= 11 is 0. The van der Waals surface area contributed by atoms with E-state index in [9.17, 15) is 5.11 Å². The lowest BCUT2D eigenvalue weighted by Gasteiger charge is -2.26. The molecule has 0 bridgehead atoms. The monoisotopic (exact) mass is 337 g/mol. The highest BCUT2D eigenvalue weighted by Gasteiger charge is 2.22. The molecule has 2 heteroatoms.